The molecule has 0 radical (unpaired) electrons. The van der Waals surface area contributed by atoms with Crippen LogP contribution in [0.5, 0.6) is 5.75 Å². The van der Waals surface area contributed by atoms with Crippen molar-refractivity contribution in [3.05, 3.63) is 59.4 Å². The van der Waals surface area contributed by atoms with Crippen LogP contribution in [0.3, 0.4) is 0 Å². The molecule has 6 heteroatoms. The van der Waals surface area contributed by atoms with Gasteiger partial charge in [0.25, 0.3) is 0 Å². The lowest BCUT2D eigenvalue weighted by atomic mass is 10.0. The summed E-state index contributed by atoms with van der Waals surface area (Å²) in [5.41, 5.74) is 2.80. The van der Waals surface area contributed by atoms with Gasteiger partial charge in [0.1, 0.15) is 11.8 Å². The normalized spacial score (nSPS) is 17.3. The van der Waals surface area contributed by atoms with E-state index < -0.39 is 12.0 Å². The molecule has 1 N–H and O–H groups in total. The van der Waals surface area contributed by atoms with Crippen LogP contribution in [0.4, 0.5) is 0 Å². The first-order chi connectivity index (χ1) is 13.1. The zero-order valence-electron chi connectivity index (χ0n) is 16.0. The second kappa shape index (κ2) is 8.97. The van der Waals surface area contributed by atoms with E-state index in [0.717, 1.165) is 49.4 Å². The van der Waals surface area contributed by atoms with Crippen molar-refractivity contribution in [1.82, 2.24) is 14.8 Å². The van der Waals surface area contributed by atoms with E-state index in [1.165, 1.54) is 0 Å². The number of ether oxygens (including phenoxy) is 1. The molecule has 27 heavy (non-hydrogen) atoms. The number of benzene rings is 1. The molecule has 6 nitrogen and oxygen atoms in total. The number of hydrogen-bond acceptors (Lipinski definition) is 5. The molecular weight excluding hydrogens is 342 g/mol. The molecule has 0 saturated carbocycles. The van der Waals surface area contributed by atoms with Gasteiger partial charge in [0.05, 0.1) is 12.8 Å². The number of aryl methyl sites for hydroxylation is 1. The van der Waals surface area contributed by atoms with Crippen molar-refractivity contribution in [2.75, 3.05) is 33.3 Å². The maximum absolute atomic E-state index is 12.1. The van der Waals surface area contributed by atoms with E-state index in [9.17, 15) is 9.90 Å². The maximum Gasteiger partial charge on any atom is 0.325 e. The summed E-state index contributed by atoms with van der Waals surface area (Å²) in [5, 5.41) is 9.96. The third-order valence-corrected chi connectivity index (χ3v) is 5.01. The van der Waals surface area contributed by atoms with Gasteiger partial charge in [-0.1, -0.05) is 23.8 Å². The number of methoxy groups -OCH3 is 1. The summed E-state index contributed by atoms with van der Waals surface area (Å²) in [6.45, 7) is 5.95. The molecule has 0 bridgehead atoms. The van der Waals surface area contributed by atoms with E-state index in [1.807, 2.05) is 49.5 Å². The largest absolute Gasteiger partial charge is 0.496 e. The number of carboxylic acids is 1. The summed E-state index contributed by atoms with van der Waals surface area (Å²) in [7, 11) is 1.59. The summed E-state index contributed by atoms with van der Waals surface area (Å²) in [6, 6.07) is 11.0. The fourth-order valence-electron chi connectivity index (χ4n) is 3.68. The number of pyridine rings is 1. The molecule has 1 aromatic carbocycles. The Morgan fingerprint density at radius 3 is 2.78 bits per heavy atom. The predicted molar refractivity (Wildman–Crippen MR) is 104 cm³/mol. The molecule has 3 rings (SSSR count). The monoisotopic (exact) mass is 369 g/mol. The molecule has 2 heterocycles. The molecule has 144 valence electrons. The highest BCUT2D eigenvalue weighted by molar-refractivity contribution is 5.77. The highest BCUT2D eigenvalue weighted by Crippen LogP contribution is 2.31. The molecule has 1 aromatic heterocycles. The van der Waals surface area contributed by atoms with E-state index in [1.54, 1.807) is 7.11 Å². The van der Waals surface area contributed by atoms with E-state index in [-0.39, 0.29) is 0 Å². The molecule has 1 atom stereocenters. The molecule has 1 aliphatic heterocycles. The van der Waals surface area contributed by atoms with Crippen LogP contribution in [0.25, 0.3) is 0 Å². The van der Waals surface area contributed by atoms with Gasteiger partial charge in [-0.2, -0.15) is 0 Å². The number of carbonyl (C=O) groups is 1. The van der Waals surface area contributed by atoms with Gasteiger partial charge in [0.15, 0.2) is 0 Å². The van der Waals surface area contributed by atoms with Crippen molar-refractivity contribution in [1.29, 1.82) is 0 Å². The van der Waals surface area contributed by atoms with E-state index >= 15 is 0 Å². The van der Waals surface area contributed by atoms with Gasteiger partial charge >= 0.3 is 5.97 Å². The van der Waals surface area contributed by atoms with Crippen molar-refractivity contribution in [2.24, 2.45) is 0 Å². The minimum atomic E-state index is -0.836. The van der Waals surface area contributed by atoms with E-state index in [2.05, 4.69) is 14.8 Å². The molecular formula is C21H27N3O3. The van der Waals surface area contributed by atoms with Crippen LogP contribution < -0.4 is 4.74 Å². The second-order valence-corrected chi connectivity index (χ2v) is 6.97. The Bertz CT molecular complexity index is 767. The third kappa shape index (κ3) is 4.84. The number of rotatable bonds is 6. The van der Waals surface area contributed by atoms with Gasteiger partial charge in [-0.3, -0.25) is 19.6 Å². The van der Waals surface area contributed by atoms with E-state index in [4.69, 9.17) is 4.74 Å². The average Bonchev–Trinajstić information content (AvgIpc) is 2.88. The Morgan fingerprint density at radius 2 is 2.07 bits per heavy atom. The minimum absolute atomic E-state index is 0.627. The molecule has 0 spiro atoms. The Morgan fingerprint density at radius 1 is 1.22 bits per heavy atom. The lowest BCUT2D eigenvalue weighted by Crippen LogP contribution is -2.37. The van der Waals surface area contributed by atoms with Crippen LogP contribution >= 0.6 is 0 Å². The van der Waals surface area contributed by atoms with Gasteiger partial charge in [-0.15, -0.1) is 0 Å². The summed E-state index contributed by atoms with van der Waals surface area (Å²) in [5.74, 6) is -0.209. The summed E-state index contributed by atoms with van der Waals surface area (Å²) >= 11 is 0. The van der Waals surface area contributed by atoms with Crippen LogP contribution in [0.1, 0.15) is 29.3 Å². The van der Waals surface area contributed by atoms with Crippen molar-refractivity contribution in [2.45, 2.75) is 25.9 Å². The number of aromatic nitrogens is 1. The van der Waals surface area contributed by atoms with Gasteiger partial charge in [0.2, 0.25) is 0 Å². The Hall–Kier alpha value is -2.44. The molecule has 0 unspecified atom stereocenters. The highest BCUT2D eigenvalue weighted by Gasteiger charge is 2.31. The Balaban J connectivity index is 1.76. The van der Waals surface area contributed by atoms with Crippen LogP contribution in [-0.2, 0) is 11.3 Å². The number of carboxylic acid groups (broad SMARTS) is 1. The smallest absolute Gasteiger partial charge is 0.325 e. The maximum atomic E-state index is 12.1. The molecule has 1 fully saturated rings. The lowest BCUT2D eigenvalue weighted by molar-refractivity contribution is -0.143. The zero-order chi connectivity index (χ0) is 19.2. The van der Waals surface area contributed by atoms with Crippen LogP contribution in [0.15, 0.2) is 42.6 Å². The van der Waals surface area contributed by atoms with Crippen molar-refractivity contribution in [3.8, 4) is 5.75 Å². The Kier molecular flexibility index (Phi) is 6.42. The second-order valence-electron chi connectivity index (χ2n) is 6.97. The van der Waals surface area contributed by atoms with Crippen molar-refractivity contribution < 1.29 is 14.6 Å². The number of hydrogen-bond donors (Lipinski definition) is 1. The van der Waals surface area contributed by atoms with Gasteiger partial charge < -0.3 is 9.84 Å². The molecule has 1 saturated heterocycles. The van der Waals surface area contributed by atoms with Gasteiger partial charge in [-0.05, 0) is 38.1 Å². The summed E-state index contributed by atoms with van der Waals surface area (Å²) < 4.78 is 5.44. The first-order valence-electron chi connectivity index (χ1n) is 9.32. The third-order valence-electron chi connectivity index (χ3n) is 5.01. The van der Waals surface area contributed by atoms with Crippen LogP contribution in [0.2, 0.25) is 0 Å². The van der Waals surface area contributed by atoms with Gasteiger partial charge in [0, 0.05) is 37.9 Å². The fourth-order valence-corrected chi connectivity index (χ4v) is 3.68. The molecule has 2 aromatic rings. The van der Waals surface area contributed by atoms with Crippen LogP contribution in [-0.4, -0.2) is 59.1 Å². The van der Waals surface area contributed by atoms with Gasteiger partial charge in [-0.25, -0.2) is 0 Å². The fraction of sp³-hybridized carbons (Fsp3) is 0.429. The summed E-state index contributed by atoms with van der Waals surface area (Å²) in [6.07, 6.45) is 2.73. The highest BCUT2D eigenvalue weighted by atomic mass is 16.5. The lowest BCUT2D eigenvalue weighted by Gasteiger charge is -2.29. The number of nitrogens with zero attached hydrogens (tertiary/aromatic N) is 3. The first kappa shape index (κ1) is 19.3. The first-order valence-corrected chi connectivity index (χ1v) is 9.32. The zero-order valence-corrected chi connectivity index (χ0v) is 16.0. The predicted octanol–water partition coefficient (Wildman–Crippen LogP) is 2.73. The number of aliphatic carboxylic acids is 1. The molecule has 0 amide bonds. The molecule has 0 aliphatic carbocycles. The average molecular weight is 369 g/mol. The van der Waals surface area contributed by atoms with Crippen molar-refractivity contribution in [3.63, 3.8) is 0 Å². The van der Waals surface area contributed by atoms with Crippen LogP contribution in [0, 0.1) is 6.92 Å². The Labute approximate surface area is 160 Å². The van der Waals surface area contributed by atoms with Crippen molar-refractivity contribution >= 4 is 5.97 Å². The quantitative estimate of drug-likeness (QED) is 0.845. The van der Waals surface area contributed by atoms with E-state index in [0.29, 0.717) is 12.3 Å². The SMILES string of the molecule is COc1ccc(C)cc1[C@H](C(=O)O)N1CCCN(Cc2ccccn2)CC1. The topological polar surface area (TPSA) is 65.9 Å². The standard InChI is InChI=1S/C21H27N3O3/c1-16-7-8-19(27-2)18(14-16)20(21(25)26)24-11-5-10-23(12-13-24)15-17-6-3-4-9-22-17/h3-4,6-9,14,20H,5,10-13,15H2,1-2H3,(H,25,26)/t20-/m1/s1. The minimum Gasteiger partial charge on any atom is -0.496 e. The summed E-state index contributed by atoms with van der Waals surface area (Å²) in [4.78, 5) is 20.9. The molecule has 1 aliphatic rings.